The van der Waals surface area contributed by atoms with Crippen LogP contribution >= 0.6 is 11.6 Å². The third kappa shape index (κ3) is 5.57. The minimum absolute atomic E-state index is 0.0193. The van der Waals surface area contributed by atoms with E-state index >= 15 is 0 Å². The van der Waals surface area contributed by atoms with Crippen molar-refractivity contribution in [1.29, 1.82) is 0 Å². The van der Waals surface area contributed by atoms with Gasteiger partial charge in [-0.15, -0.1) is 0 Å². The van der Waals surface area contributed by atoms with Crippen LogP contribution in [-0.4, -0.2) is 69.7 Å². The highest BCUT2D eigenvalue weighted by Gasteiger charge is 2.29. The Morgan fingerprint density at radius 2 is 1.85 bits per heavy atom. The molecule has 2 aromatic carbocycles. The van der Waals surface area contributed by atoms with Crippen LogP contribution < -0.4 is 18.9 Å². The topological polar surface area (TPSA) is 97.4 Å². The molecule has 0 radical (unpaired) electrons. The lowest BCUT2D eigenvalue weighted by Crippen LogP contribution is -2.53. The SMILES string of the molecule is CCOc1ccc(S(=O)(=O)N[C@@H](C)C(=O)N2CCN(Cc3ccc4c(c3)OCO4)CC2)cc1Cl. The standard InChI is InChI=1S/C23H28ClN3O6S/c1-3-31-20-7-5-18(13-19(20)24)34(29,30)25-16(2)23(28)27-10-8-26(9-11-27)14-17-4-6-21-22(12-17)33-15-32-21/h4-7,12-13,16,25H,3,8-11,14-15H2,1-2H3/t16-/m0/s1. The molecule has 0 aliphatic carbocycles. The Hall–Kier alpha value is -2.53. The minimum Gasteiger partial charge on any atom is -0.492 e. The van der Waals surface area contributed by atoms with Crippen LogP contribution in [0.3, 0.4) is 0 Å². The summed E-state index contributed by atoms with van der Waals surface area (Å²) in [6.07, 6.45) is 0. The van der Waals surface area contributed by atoms with Crippen LogP contribution in [0.1, 0.15) is 19.4 Å². The molecule has 9 nitrogen and oxygen atoms in total. The maximum absolute atomic E-state index is 12.9. The van der Waals surface area contributed by atoms with Gasteiger partial charge in [0.25, 0.3) is 0 Å². The number of nitrogens with zero attached hydrogens (tertiary/aromatic N) is 2. The number of carbonyl (C=O) groups is 1. The molecule has 1 saturated heterocycles. The van der Waals surface area contributed by atoms with E-state index in [-0.39, 0.29) is 22.6 Å². The molecule has 34 heavy (non-hydrogen) atoms. The lowest BCUT2D eigenvalue weighted by atomic mass is 10.1. The van der Waals surface area contributed by atoms with Crippen molar-refractivity contribution in [2.75, 3.05) is 39.6 Å². The van der Waals surface area contributed by atoms with Gasteiger partial charge in [-0.3, -0.25) is 9.69 Å². The number of hydrogen-bond donors (Lipinski definition) is 1. The van der Waals surface area contributed by atoms with E-state index < -0.39 is 16.1 Å². The van der Waals surface area contributed by atoms with Gasteiger partial charge in [-0.05, 0) is 49.7 Å². The number of halogens is 1. The predicted molar refractivity (Wildman–Crippen MR) is 127 cm³/mol. The normalized spacial score (nSPS) is 17.0. The minimum atomic E-state index is -3.92. The Labute approximate surface area is 204 Å². The average Bonchev–Trinajstić information content (AvgIpc) is 3.28. The number of carbonyl (C=O) groups excluding carboxylic acids is 1. The molecule has 1 fully saturated rings. The van der Waals surface area contributed by atoms with E-state index in [1.807, 2.05) is 25.1 Å². The van der Waals surface area contributed by atoms with Crippen molar-refractivity contribution in [1.82, 2.24) is 14.5 Å². The van der Waals surface area contributed by atoms with Crippen LogP contribution in [0.25, 0.3) is 0 Å². The Morgan fingerprint density at radius 1 is 1.12 bits per heavy atom. The van der Waals surface area contributed by atoms with Gasteiger partial charge in [-0.1, -0.05) is 17.7 Å². The van der Waals surface area contributed by atoms with Crippen molar-refractivity contribution in [3.05, 3.63) is 47.0 Å². The second kappa shape index (κ2) is 10.4. The van der Waals surface area contributed by atoms with Gasteiger partial charge in [0.2, 0.25) is 22.7 Å². The summed E-state index contributed by atoms with van der Waals surface area (Å²) in [5.41, 5.74) is 1.11. The first-order valence-corrected chi connectivity index (χ1v) is 13.0. The monoisotopic (exact) mass is 509 g/mol. The third-order valence-corrected chi connectivity index (χ3v) is 7.58. The van der Waals surface area contributed by atoms with Crippen LogP contribution in [0.15, 0.2) is 41.3 Å². The Morgan fingerprint density at radius 3 is 2.56 bits per heavy atom. The van der Waals surface area contributed by atoms with Gasteiger partial charge in [-0.2, -0.15) is 4.72 Å². The van der Waals surface area contributed by atoms with E-state index in [0.717, 1.165) is 23.6 Å². The molecule has 0 aromatic heterocycles. The quantitative estimate of drug-likeness (QED) is 0.583. The highest BCUT2D eigenvalue weighted by molar-refractivity contribution is 7.89. The van der Waals surface area contributed by atoms with Crippen LogP contribution in [0.4, 0.5) is 0 Å². The zero-order chi connectivity index (χ0) is 24.3. The summed E-state index contributed by atoms with van der Waals surface area (Å²) in [6, 6.07) is 9.22. The highest BCUT2D eigenvalue weighted by atomic mass is 35.5. The lowest BCUT2D eigenvalue weighted by Gasteiger charge is -2.36. The van der Waals surface area contributed by atoms with Gasteiger partial charge < -0.3 is 19.1 Å². The molecule has 0 saturated carbocycles. The number of sulfonamides is 1. The maximum atomic E-state index is 12.9. The molecule has 2 aliphatic rings. The second-order valence-electron chi connectivity index (χ2n) is 8.16. The number of rotatable bonds is 8. The summed E-state index contributed by atoms with van der Waals surface area (Å²) in [6.45, 7) is 7.17. The Kier molecular flexibility index (Phi) is 7.51. The summed E-state index contributed by atoms with van der Waals surface area (Å²) in [5.74, 6) is 1.65. The van der Waals surface area contributed by atoms with Crippen LogP contribution in [0.5, 0.6) is 17.2 Å². The summed E-state index contributed by atoms with van der Waals surface area (Å²) in [7, 11) is -3.92. The molecule has 0 unspecified atom stereocenters. The molecule has 184 valence electrons. The van der Waals surface area contributed by atoms with Crippen molar-refractivity contribution < 1.29 is 27.4 Å². The molecule has 1 N–H and O–H groups in total. The molecule has 1 atom stereocenters. The number of nitrogens with one attached hydrogen (secondary N) is 1. The predicted octanol–water partition coefficient (Wildman–Crippen LogP) is 2.48. The number of ether oxygens (including phenoxy) is 3. The van der Waals surface area contributed by atoms with Gasteiger partial charge in [0.1, 0.15) is 5.75 Å². The van der Waals surface area contributed by atoms with E-state index in [0.29, 0.717) is 38.5 Å². The van der Waals surface area contributed by atoms with Gasteiger partial charge in [0.05, 0.1) is 22.6 Å². The fraction of sp³-hybridized carbons (Fsp3) is 0.435. The van der Waals surface area contributed by atoms with Crippen molar-refractivity contribution in [2.45, 2.75) is 31.3 Å². The smallest absolute Gasteiger partial charge is 0.241 e. The van der Waals surface area contributed by atoms with E-state index in [1.54, 1.807) is 11.8 Å². The molecule has 1 amide bonds. The van der Waals surface area contributed by atoms with Crippen LogP contribution in [-0.2, 0) is 21.4 Å². The average molecular weight is 510 g/mol. The molecule has 0 bridgehead atoms. The first kappa shape index (κ1) is 24.6. The summed E-state index contributed by atoms with van der Waals surface area (Å²) >= 11 is 6.12. The van der Waals surface area contributed by atoms with E-state index in [4.69, 9.17) is 25.8 Å². The van der Waals surface area contributed by atoms with Crippen LogP contribution in [0.2, 0.25) is 5.02 Å². The molecule has 0 spiro atoms. The molecule has 2 heterocycles. The number of amides is 1. The summed E-state index contributed by atoms with van der Waals surface area (Å²) in [4.78, 5) is 16.8. The lowest BCUT2D eigenvalue weighted by molar-refractivity contribution is -0.134. The van der Waals surface area contributed by atoms with Gasteiger partial charge in [-0.25, -0.2) is 8.42 Å². The first-order valence-electron chi connectivity index (χ1n) is 11.1. The van der Waals surface area contributed by atoms with Crippen LogP contribution in [0, 0.1) is 0 Å². The van der Waals surface area contributed by atoms with Gasteiger partial charge >= 0.3 is 0 Å². The van der Waals surface area contributed by atoms with E-state index in [9.17, 15) is 13.2 Å². The zero-order valence-electron chi connectivity index (χ0n) is 19.1. The highest BCUT2D eigenvalue weighted by Crippen LogP contribution is 2.33. The van der Waals surface area contributed by atoms with Crippen molar-refractivity contribution in [2.24, 2.45) is 0 Å². The van der Waals surface area contributed by atoms with E-state index in [2.05, 4.69) is 9.62 Å². The van der Waals surface area contributed by atoms with E-state index in [1.165, 1.54) is 18.2 Å². The number of benzene rings is 2. The second-order valence-corrected chi connectivity index (χ2v) is 10.3. The number of piperazine rings is 1. The molecule has 2 aromatic rings. The molecular formula is C23H28ClN3O6S. The first-order chi connectivity index (χ1) is 16.3. The third-order valence-electron chi connectivity index (χ3n) is 5.74. The number of fused-ring (bicyclic) bond motifs is 1. The molecule has 4 rings (SSSR count). The van der Waals surface area contributed by atoms with Crippen molar-refractivity contribution in [3.8, 4) is 17.2 Å². The summed E-state index contributed by atoms with van der Waals surface area (Å²) in [5, 5.41) is 0.197. The maximum Gasteiger partial charge on any atom is 0.241 e. The van der Waals surface area contributed by atoms with Crippen molar-refractivity contribution in [3.63, 3.8) is 0 Å². The fourth-order valence-electron chi connectivity index (χ4n) is 3.97. The largest absolute Gasteiger partial charge is 0.492 e. The fourth-order valence-corrected chi connectivity index (χ4v) is 5.49. The van der Waals surface area contributed by atoms with Crippen molar-refractivity contribution >= 4 is 27.5 Å². The molecule has 11 heteroatoms. The van der Waals surface area contributed by atoms with Gasteiger partial charge in [0.15, 0.2) is 11.5 Å². The molecular weight excluding hydrogens is 482 g/mol. The Balaban J connectivity index is 1.30. The summed E-state index contributed by atoms with van der Waals surface area (Å²) < 4.78 is 44.2. The van der Waals surface area contributed by atoms with Gasteiger partial charge in [0, 0.05) is 32.7 Å². The number of hydrogen-bond acceptors (Lipinski definition) is 7. The molecule has 2 aliphatic heterocycles. The zero-order valence-corrected chi connectivity index (χ0v) is 20.7. The Bertz CT molecular complexity index is 1150.